The minimum absolute atomic E-state index is 0.457. The molecule has 0 amide bonds. The molecule has 4 aliphatic carbocycles. The lowest BCUT2D eigenvalue weighted by Crippen LogP contribution is -2.44. The molecule has 20 heteroatoms. The van der Waals surface area contributed by atoms with Crippen molar-refractivity contribution in [1.82, 2.24) is 49.7 Å². The van der Waals surface area contributed by atoms with Crippen molar-refractivity contribution in [2.24, 2.45) is 0 Å². The van der Waals surface area contributed by atoms with Gasteiger partial charge < -0.3 is 33.6 Å². The average molecular weight is 959 g/mol. The molecule has 4 fully saturated rings. The molecule has 0 radical (unpaired) electrons. The van der Waals surface area contributed by atoms with Crippen LogP contribution in [0.4, 0.5) is 47.6 Å². The molecule has 0 atom stereocenters. The highest BCUT2D eigenvalue weighted by Gasteiger charge is 2.27. The second-order valence-corrected chi connectivity index (χ2v) is 16.4. The third-order valence-electron chi connectivity index (χ3n) is 11.8. The Kier molecular flexibility index (Phi) is 33.1. The van der Waals surface area contributed by atoms with Crippen LogP contribution in [0.3, 0.4) is 0 Å². The number of hydrogen-bond acceptors (Lipinski definition) is 14. The number of nitrogen functional groups attached to an aromatic ring is 4. The molecular weight excluding hydrogens is 857 g/mol. The smallest absolute Gasteiger partial charge is 0.368 e. The van der Waals surface area contributed by atoms with E-state index in [2.05, 4.69) is 84.8 Å². The second kappa shape index (κ2) is 36.9. The van der Waals surface area contributed by atoms with Crippen LogP contribution in [0.1, 0.15) is 236 Å². The molecule has 4 aromatic rings. The van der Waals surface area contributed by atoms with Crippen molar-refractivity contribution in [2.45, 2.75) is 236 Å². The molecule has 4 aromatic heterocycles. The number of nitrogens with two attached hydrogens (primary N) is 4. The maximum atomic E-state index is 5.85. The molecule has 4 saturated carbocycles. The minimum Gasteiger partial charge on any atom is -0.368 e. The lowest BCUT2D eigenvalue weighted by Gasteiger charge is -2.21. The summed E-state index contributed by atoms with van der Waals surface area (Å²) in [6.07, 6.45) is 25.4. The Bertz CT molecular complexity index is 1640. The molecule has 0 saturated heterocycles. The first-order valence-corrected chi connectivity index (χ1v) is 27.2. The maximum Gasteiger partial charge on any atom is 0.413 e. The van der Waals surface area contributed by atoms with Gasteiger partial charge in [0, 0.05) is 13.1 Å². The molecular formula is C48H102N20+2. The Labute approximate surface area is 411 Å². The predicted octanol–water partition coefficient (Wildman–Crippen LogP) is 10.1. The zero-order chi connectivity index (χ0) is 50.7. The molecule has 0 aromatic carbocycles. The van der Waals surface area contributed by atoms with E-state index in [1.165, 1.54) is 128 Å². The highest BCUT2D eigenvalue weighted by molar-refractivity contribution is 5.32. The van der Waals surface area contributed by atoms with Gasteiger partial charge in [0.15, 0.2) is 0 Å². The van der Waals surface area contributed by atoms with E-state index in [0.29, 0.717) is 59.9 Å². The van der Waals surface area contributed by atoms with Crippen molar-refractivity contribution < 1.29 is 9.36 Å². The van der Waals surface area contributed by atoms with E-state index in [4.69, 9.17) is 22.9 Å². The van der Waals surface area contributed by atoms with E-state index in [1.54, 1.807) is 0 Å². The number of H-pyrrole nitrogens is 2. The summed E-state index contributed by atoms with van der Waals surface area (Å²) in [7, 11) is 0. The standard InChI is InChI=1S/4C10H19N5.4C2H6/c2*1-2-12-10-13-9(11)15(14-10)8-6-4-3-5-7-8;2*1-2-12-10-13-9(11)14-15(10)8-6-4-3-5-7-8;4*1-2/h4*8H,2-7H2,1H3,(H3,11,12,13,14);4*1-2H3/p+2. The normalized spacial score (nSPS) is 16.2. The van der Waals surface area contributed by atoms with Crippen molar-refractivity contribution in [3.8, 4) is 0 Å². The zero-order valence-electron chi connectivity index (χ0n) is 45.1. The summed E-state index contributed by atoms with van der Waals surface area (Å²) in [4.78, 5) is 16.9. The predicted molar refractivity (Wildman–Crippen MR) is 286 cm³/mol. The van der Waals surface area contributed by atoms with E-state index >= 15 is 0 Å². The first kappa shape index (κ1) is 61.0. The van der Waals surface area contributed by atoms with Gasteiger partial charge in [-0.3, -0.25) is 10.6 Å². The lowest BCUT2D eigenvalue weighted by molar-refractivity contribution is -0.764. The molecule has 20 nitrogen and oxygen atoms in total. The zero-order valence-corrected chi connectivity index (χ0v) is 45.1. The van der Waals surface area contributed by atoms with Gasteiger partial charge in [0.2, 0.25) is 23.8 Å². The van der Waals surface area contributed by atoms with Crippen LogP contribution in [0.2, 0.25) is 0 Å². The van der Waals surface area contributed by atoms with Gasteiger partial charge in [0.1, 0.15) is 12.1 Å². The quantitative estimate of drug-likeness (QED) is 0.0592. The Hall–Kier alpha value is -5.04. The summed E-state index contributed by atoms with van der Waals surface area (Å²) >= 11 is 0. The molecule has 4 heterocycles. The van der Waals surface area contributed by atoms with Gasteiger partial charge >= 0.3 is 23.8 Å². The summed E-state index contributed by atoms with van der Waals surface area (Å²) in [6.45, 7) is 27.6. The number of aromatic amines is 2. The Morgan fingerprint density at radius 2 is 0.706 bits per heavy atom. The number of nitrogens with one attached hydrogen (secondary N) is 6. The van der Waals surface area contributed by atoms with Crippen LogP contribution in [0.5, 0.6) is 0 Å². The van der Waals surface area contributed by atoms with E-state index < -0.39 is 0 Å². The number of nitrogens with zero attached hydrogens (tertiary/aromatic N) is 10. The minimum atomic E-state index is 0.457. The Morgan fingerprint density at radius 1 is 0.426 bits per heavy atom. The Balaban J connectivity index is 0.000000431. The average Bonchev–Trinajstić information content (AvgIpc) is 4.18. The van der Waals surface area contributed by atoms with Gasteiger partial charge in [0.05, 0.1) is 25.2 Å². The number of aromatic nitrogens is 12. The van der Waals surface area contributed by atoms with Gasteiger partial charge in [-0.25, -0.2) is 19.6 Å². The van der Waals surface area contributed by atoms with Crippen molar-refractivity contribution in [3.63, 3.8) is 0 Å². The molecule has 0 bridgehead atoms. The molecule has 4 aliphatic rings. The lowest BCUT2D eigenvalue weighted by atomic mass is 9.96. The highest BCUT2D eigenvalue weighted by Crippen LogP contribution is 2.31. The topological polar surface area (TPSA) is 279 Å². The van der Waals surface area contributed by atoms with Crippen LogP contribution in [0, 0.1) is 0 Å². The van der Waals surface area contributed by atoms with Crippen molar-refractivity contribution in [1.29, 1.82) is 0 Å². The highest BCUT2D eigenvalue weighted by atomic mass is 15.5. The molecule has 0 spiro atoms. The first-order chi connectivity index (χ1) is 33.2. The van der Waals surface area contributed by atoms with Crippen molar-refractivity contribution in [3.05, 3.63) is 0 Å². The van der Waals surface area contributed by atoms with Crippen LogP contribution in [-0.4, -0.2) is 75.9 Å². The van der Waals surface area contributed by atoms with Crippen LogP contribution in [-0.2, 0) is 0 Å². The molecule has 0 unspecified atom stereocenters. The summed E-state index contributed by atoms with van der Waals surface area (Å²) in [5, 5.41) is 27.7. The number of anilines is 8. The number of rotatable bonds is 12. The van der Waals surface area contributed by atoms with Crippen LogP contribution < -0.4 is 53.6 Å². The largest absolute Gasteiger partial charge is 0.413 e. The summed E-state index contributed by atoms with van der Waals surface area (Å²) in [6, 6.07) is 1.99. The first-order valence-electron chi connectivity index (χ1n) is 27.2. The van der Waals surface area contributed by atoms with Crippen molar-refractivity contribution >= 4 is 47.6 Å². The van der Waals surface area contributed by atoms with E-state index in [-0.39, 0.29) is 0 Å². The molecule has 68 heavy (non-hydrogen) atoms. The van der Waals surface area contributed by atoms with Gasteiger partial charge in [-0.15, -0.1) is 10.2 Å². The van der Waals surface area contributed by atoms with Gasteiger partial charge in [-0.2, -0.15) is 19.3 Å². The van der Waals surface area contributed by atoms with Crippen LogP contribution in [0.25, 0.3) is 0 Å². The second-order valence-electron chi connectivity index (χ2n) is 16.4. The SMILES string of the molecule is CC.CC.CC.CC.CCNc1nc(N)[nH][n+]1C1CCCCC1.CCNc1nc(N)[nH][n+]1C1CCCCC1.CCNc1nc(N)n(C2CCCCC2)n1.CCNc1nc(N)n(C2CCCCC2)n1. The molecule has 8 rings (SSSR count). The third kappa shape index (κ3) is 20.7. The Morgan fingerprint density at radius 3 is 0.985 bits per heavy atom. The van der Waals surface area contributed by atoms with Gasteiger partial charge in [0.25, 0.3) is 0 Å². The summed E-state index contributed by atoms with van der Waals surface area (Å²) in [5.74, 6) is 5.13. The monoisotopic (exact) mass is 959 g/mol. The van der Waals surface area contributed by atoms with Gasteiger partial charge in [-0.1, -0.05) is 107 Å². The molecule has 0 aliphatic heterocycles. The van der Waals surface area contributed by atoms with Gasteiger partial charge in [-0.05, 0) is 115 Å². The molecule has 392 valence electrons. The van der Waals surface area contributed by atoms with E-state index in [1.807, 2.05) is 78.6 Å². The maximum absolute atomic E-state index is 5.85. The van der Waals surface area contributed by atoms with Crippen molar-refractivity contribution in [2.75, 3.05) is 70.4 Å². The molecule has 14 N–H and O–H groups in total. The van der Waals surface area contributed by atoms with Crippen LogP contribution >= 0.6 is 0 Å². The van der Waals surface area contributed by atoms with E-state index in [0.717, 1.165) is 38.1 Å². The summed E-state index contributed by atoms with van der Waals surface area (Å²) in [5.41, 5.74) is 23.1. The van der Waals surface area contributed by atoms with Crippen LogP contribution in [0.15, 0.2) is 0 Å². The fraction of sp³-hybridized carbons (Fsp3) is 0.833. The fourth-order valence-electron chi connectivity index (χ4n) is 8.84. The van der Waals surface area contributed by atoms with E-state index in [9.17, 15) is 0 Å². The summed E-state index contributed by atoms with van der Waals surface area (Å²) < 4.78 is 7.96. The fourth-order valence-corrected chi connectivity index (χ4v) is 8.84. The third-order valence-corrected chi connectivity index (χ3v) is 11.8. The number of hydrogen-bond donors (Lipinski definition) is 10.